The first-order valence-electron chi connectivity index (χ1n) is 7.41. The standard InChI is InChI=1S/C15H28N2O/c1-12-6-4-8-15(16,10-12)13(18)17-9-5-7-14(2,3)11-17/h12H,4-11,16H2,1-3H3. The third-order valence-electron chi connectivity index (χ3n) is 4.65. The molecule has 1 saturated carbocycles. The number of hydrogen-bond donors (Lipinski definition) is 1. The fraction of sp³-hybridized carbons (Fsp3) is 0.933. The van der Waals surface area contributed by atoms with E-state index in [9.17, 15) is 4.79 Å². The van der Waals surface area contributed by atoms with E-state index in [1.165, 1.54) is 12.8 Å². The molecule has 3 heteroatoms. The zero-order valence-electron chi connectivity index (χ0n) is 12.2. The third-order valence-corrected chi connectivity index (χ3v) is 4.65. The molecule has 1 saturated heterocycles. The molecule has 2 aliphatic rings. The van der Waals surface area contributed by atoms with Crippen molar-refractivity contribution in [3.8, 4) is 0 Å². The van der Waals surface area contributed by atoms with Gasteiger partial charge in [0.15, 0.2) is 0 Å². The molecule has 2 N–H and O–H groups in total. The van der Waals surface area contributed by atoms with Crippen molar-refractivity contribution in [2.75, 3.05) is 13.1 Å². The monoisotopic (exact) mass is 252 g/mol. The molecule has 1 amide bonds. The Kier molecular flexibility index (Phi) is 3.72. The second-order valence-electron chi connectivity index (χ2n) is 7.35. The molecule has 18 heavy (non-hydrogen) atoms. The van der Waals surface area contributed by atoms with Gasteiger partial charge in [-0.25, -0.2) is 0 Å². The van der Waals surface area contributed by atoms with Gasteiger partial charge < -0.3 is 10.6 Å². The van der Waals surface area contributed by atoms with E-state index in [0.717, 1.165) is 38.8 Å². The van der Waals surface area contributed by atoms with E-state index in [4.69, 9.17) is 5.73 Å². The predicted octanol–water partition coefficient (Wildman–Crippen LogP) is 2.54. The van der Waals surface area contributed by atoms with Crippen LogP contribution in [-0.4, -0.2) is 29.4 Å². The summed E-state index contributed by atoms with van der Waals surface area (Å²) in [6.45, 7) is 8.49. The van der Waals surface area contributed by atoms with Crippen LogP contribution in [0.1, 0.15) is 59.3 Å². The SMILES string of the molecule is CC1CCCC(N)(C(=O)N2CCCC(C)(C)C2)C1. The van der Waals surface area contributed by atoms with Gasteiger partial charge in [0.1, 0.15) is 0 Å². The lowest BCUT2D eigenvalue weighted by Crippen LogP contribution is -2.59. The Morgan fingerprint density at radius 3 is 2.61 bits per heavy atom. The molecule has 0 aromatic carbocycles. The van der Waals surface area contributed by atoms with Crippen LogP contribution in [0.25, 0.3) is 0 Å². The average Bonchev–Trinajstić information content (AvgIpc) is 2.26. The number of carbonyl (C=O) groups excluding carboxylic acids is 1. The van der Waals surface area contributed by atoms with Crippen molar-refractivity contribution in [1.82, 2.24) is 4.90 Å². The van der Waals surface area contributed by atoms with Crippen molar-refractivity contribution in [1.29, 1.82) is 0 Å². The third kappa shape index (κ3) is 2.87. The van der Waals surface area contributed by atoms with E-state index in [2.05, 4.69) is 20.8 Å². The van der Waals surface area contributed by atoms with E-state index in [1.807, 2.05) is 4.90 Å². The van der Waals surface area contributed by atoms with Gasteiger partial charge >= 0.3 is 0 Å². The lowest BCUT2D eigenvalue weighted by Gasteiger charge is -2.44. The van der Waals surface area contributed by atoms with Gasteiger partial charge in [-0.3, -0.25) is 4.79 Å². The van der Waals surface area contributed by atoms with Crippen LogP contribution in [0.15, 0.2) is 0 Å². The molecular formula is C15H28N2O. The first-order chi connectivity index (χ1) is 8.32. The first kappa shape index (κ1) is 13.9. The number of carbonyl (C=O) groups is 1. The van der Waals surface area contributed by atoms with Crippen LogP contribution in [0.4, 0.5) is 0 Å². The van der Waals surface area contributed by atoms with E-state index >= 15 is 0 Å². The second-order valence-corrected chi connectivity index (χ2v) is 7.35. The van der Waals surface area contributed by atoms with E-state index < -0.39 is 5.54 Å². The average molecular weight is 252 g/mol. The summed E-state index contributed by atoms with van der Waals surface area (Å²) in [6.07, 6.45) is 6.38. The topological polar surface area (TPSA) is 46.3 Å². The van der Waals surface area contributed by atoms with Gasteiger partial charge in [-0.15, -0.1) is 0 Å². The molecule has 2 rings (SSSR count). The van der Waals surface area contributed by atoms with Crippen LogP contribution >= 0.6 is 0 Å². The maximum atomic E-state index is 12.7. The van der Waals surface area contributed by atoms with Gasteiger partial charge in [0.25, 0.3) is 0 Å². The van der Waals surface area contributed by atoms with Crippen LogP contribution in [0.2, 0.25) is 0 Å². The number of nitrogens with two attached hydrogens (primary N) is 1. The van der Waals surface area contributed by atoms with Crippen molar-refractivity contribution in [3.63, 3.8) is 0 Å². The molecule has 3 nitrogen and oxygen atoms in total. The molecule has 104 valence electrons. The molecule has 1 aliphatic heterocycles. The first-order valence-corrected chi connectivity index (χ1v) is 7.41. The molecule has 2 fully saturated rings. The largest absolute Gasteiger partial charge is 0.341 e. The highest BCUT2D eigenvalue weighted by Gasteiger charge is 2.42. The van der Waals surface area contributed by atoms with E-state index in [0.29, 0.717) is 5.92 Å². The summed E-state index contributed by atoms with van der Waals surface area (Å²) in [4.78, 5) is 14.7. The molecule has 1 heterocycles. The molecule has 0 radical (unpaired) electrons. The van der Waals surface area contributed by atoms with Gasteiger partial charge in [-0.1, -0.05) is 33.6 Å². The molecule has 2 unspecified atom stereocenters. The Labute approximate surface area is 111 Å². The zero-order valence-corrected chi connectivity index (χ0v) is 12.2. The van der Waals surface area contributed by atoms with Gasteiger partial charge in [0.05, 0.1) is 5.54 Å². The molecule has 2 atom stereocenters. The van der Waals surface area contributed by atoms with E-state index in [1.54, 1.807) is 0 Å². The number of nitrogens with zero attached hydrogens (tertiary/aromatic N) is 1. The van der Waals surface area contributed by atoms with Crippen LogP contribution in [0.5, 0.6) is 0 Å². The fourth-order valence-corrected chi connectivity index (χ4v) is 3.70. The number of rotatable bonds is 1. The number of amides is 1. The lowest BCUT2D eigenvalue weighted by atomic mass is 9.75. The Hall–Kier alpha value is -0.570. The molecule has 1 aliphatic carbocycles. The Bertz CT molecular complexity index is 326. The summed E-state index contributed by atoms with van der Waals surface area (Å²) < 4.78 is 0. The van der Waals surface area contributed by atoms with E-state index in [-0.39, 0.29) is 11.3 Å². The van der Waals surface area contributed by atoms with Crippen LogP contribution in [-0.2, 0) is 4.79 Å². The smallest absolute Gasteiger partial charge is 0.242 e. The Morgan fingerprint density at radius 2 is 2.00 bits per heavy atom. The maximum absolute atomic E-state index is 12.7. The number of piperidine rings is 1. The summed E-state index contributed by atoms with van der Waals surface area (Å²) in [7, 11) is 0. The highest BCUT2D eigenvalue weighted by molar-refractivity contribution is 5.86. The Morgan fingerprint density at radius 1 is 1.28 bits per heavy atom. The van der Waals surface area contributed by atoms with Crippen LogP contribution in [0.3, 0.4) is 0 Å². The lowest BCUT2D eigenvalue weighted by molar-refractivity contribution is -0.142. The van der Waals surface area contributed by atoms with Gasteiger partial charge in [0.2, 0.25) is 5.91 Å². The van der Waals surface area contributed by atoms with Gasteiger partial charge in [-0.05, 0) is 37.0 Å². The minimum Gasteiger partial charge on any atom is -0.341 e. The van der Waals surface area contributed by atoms with Gasteiger partial charge in [-0.2, -0.15) is 0 Å². The predicted molar refractivity (Wildman–Crippen MR) is 74.1 cm³/mol. The zero-order chi connectivity index (χ0) is 13.4. The molecular weight excluding hydrogens is 224 g/mol. The second kappa shape index (κ2) is 4.84. The summed E-state index contributed by atoms with van der Waals surface area (Å²) in [5, 5.41) is 0. The summed E-state index contributed by atoms with van der Waals surface area (Å²) in [6, 6.07) is 0. The number of likely N-dealkylation sites (tertiary alicyclic amines) is 1. The minimum atomic E-state index is -0.578. The quantitative estimate of drug-likeness (QED) is 0.779. The highest BCUT2D eigenvalue weighted by Crippen LogP contribution is 2.35. The Balaban J connectivity index is 2.06. The summed E-state index contributed by atoms with van der Waals surface area (Å²) in [5.41, 5.74) is 6.10. The van der Waals surface area contributed by atoms with Gasteiger partial charge in [0, 0.05) is 13.1 Å². The van der Waals surface area contributed by atoms with Crippen LogP contribution in [0, 0.1) is 11.3 Å². The number of hydrogen-bond acceptors (Lipinski definition) is 2. The molecule has 0 bridgehead atoms. The van der Waals surface area contributed by atoms with Crippen LogP contribution < -0.4 is 5.73 Å². The summed E-state index contributed by atoms with van der Waals surface area (Å²) in [5.74, 6) is 0.798. The molecule has 0 aromatic rings. The summed E-state index contributed by atoms with van der Waals surface area (Å²) >= 11 is 0. The maximum Gasteiger partial charge on any atom is 0.242 e. The van der Waals surface area contributed by atoms with Crippen molar-refractivity contribution >= 4 is 5.91 Å². The normalized spacial score (nSPS) is 36.4. The van der Waals surface area contributed by atoms with Crippen molar-refractivity contribution < 1.29 is 4.79 Å². The van der Waals surface area contributed by atoms with Crippen molar-refractivity contribution in [2.24, 2.45) is 17.1 Å². The highest BCUT2D eigenvalue weighted by atomic mass is 16.2. The van der Waals surface area contributed by atoms with Crippen molar-refractivity contribution in [3.05, 3.63) is 0 Å². The minimum absolute atomic E-state index is 0.210. The molecule has 0 spiro atoms. The van der Waals surface area contributed by atoms with Crippen molar-refractivity contribution in [2.45, 2.75) is 64.8 Å². The molecule has 0 aromatic heterocycles. The fourth-order valence-electron chi connectivity index (χ4n) is 3.70.